The van der Waals surface area contributed by atoms with Gasteiger partial charge in [-0.2, -0.15) is 0 Å². The number of aryl methyl sites for hydroxylation is 1. The highest BCUT2D eigenvalue weighted by Crippen LogP contribution is 2.23. The van der Waals surface area contributed by atoms with E-state index in [0.29, 0.717) is 12.1 Å². The maximum Gasteiger partial charge on any atom is 0.252 e. The molecular weight excluding hydrogens is 342 g/mol. The van der Waals surface area contributed by atoms with Crippen molar-refractivity contribution in [2.24, 2.45) is 0 Å². The Bertz CT molecular complexity index is 658. The number of carbonyl (C=O) groups is 1. The molecule has 0 unspecified atom stereocenters. The third-order valence-corrected chi connectivity index (χ3v) is 3.78. The summed E-state index contributed by atoms with van der Waals surface area (Å²) in [6.45, 7) is 4.82. The van der Waals surface area contributed by atoms with Gasteiger partial charge in [-0.15, -0.1) is 0 Å². The normalized spacial score (nSPS) is 10.3. The van der Waals surface area contributed by atoms with Crippen LogP contribution in [0.2, 0.25) is 0 Å². The van der Waals surface area contributed by atoms with E-state index >= 15 is 0 Å². The van der Waals surface area contributed by atoms with Crippen LogP contribution in [-0.2, 0) is 0 Å². The fourth-order valence-electron chi connectivity index (χ4n) is 2.04. The number of amides is 1. The molecule has 0 aliphatic heterocycles. The molecule has 1 aromatic carbocycles. The second kappa shape index (κ2) is 7.94. The van der Waals surface area contributed by atoms with Crippen molar-refractivity contribution in [3.05, 3.63) is 52.3 Å². The van der Waals surface area contributed by atoms with E-state index in [9.17, 15) is 4.79 Å². The van der Waals surface area contributed by atoms with E-state index in [0.717, 1.165) is 34.3 Å². The average molecular weight is 362 g/mol. The van der Waals surface area contributed by atoms with Crippen molar-refractivity contribution in [3.63, 3.8) is 0 Å². The number of nitrogens with one attached hydrogen (secondary N) is 2. The number of aromatic nitrogens is 1. The van der Waals surface area contributed by atoms with Crippen molar-refractivity contribution in [3.8, 4) is 0 Å². The SMILES string of the molecule is CCCCNC(=O)c1cncc(Nc2ccc(Br)cc2C)c1. The summed E-state index contributed by atoms with van der Waals surface area (Å²) in [7, 11) is 0. The molecule has 4 nitrogen and oxygen atoms in total. The Kier molecular flexibility index (Phi) is 5.95. The van der Waals surface area contributed by atoms with Crippen LogP contribution in [0.15, 0.2) is 41.1 Å². The number of unbranched alkanes of at least 4 members (excludes halogenated alkanes) is 1. The lowest BCUT2D eigenvalue weighted by atomic mass is 10.2. The quantitative estimate of drug-likeness (QED) is 0.748. The molecule has 0 bridgehead atoms. The zero-order valence-corrected chi connectivity index (χ0v) is 14.4. The number of hydrogen-bond acceptors (Lipinski definition) is 3. The van der Waals surface area contributed by atoms with Gasteiger partial charge in [-0.1, -0.05) is 29.3 Å². The summed E-state index contributed by atoms with van der Waals surface area (Å²) in [5.74, 6) is -0.0860. The number of benzene rings is 1. The third-order valence-electron chi connectivity index (χ3n) is 3.28. The summed E-state index contributed by atoms with van der Waals surface area (Å²) < 4.78 is 1.04. The Morgan fingerprint density at radius 3 is 2.82 bits per heavy atom. The molecule has 1 heterocycles. The molecule has 0 radical (unpaired) electrons. The number of halogens is 1. The molecule has 0 saturated carbocycles. The standard InChI is InChI=1S/C17H20BrN3O/c1-3-4-7-20-17(22)13-9-15(11-19-10-13)21-16-6-5-14(18)8-12(16)2/h5-6,8-11,21H,3-4,7H2,1-2H3,(H,20,22). The van der Waals surface area contributed by atoms with E-state index in [4.69, 9.17) is 0 Å². The van der Waals surface area contributed by atoms with Crippen molar-refractivity contribution in [1.82, 2.24) is 10.3 Å². The van der Waals surface area contributed by atoms with Crippen molar-refractivity contribution in [2.75, 3.05) is 11.9 Å². The summed E-state index contributed by atoms with van der Waals surface area (Å²) >= 11 is 3.45. The van der Waals surface area contributed by atoms with Gasteiger partial charge in [-0.25, -0.2) is 0 Å². The van der Waals surface area contributed by atoms with Crippen LogP contribution in [0, 0.1) is 6.92 Å². The molecular formula is C17H20BrN3O. The molecule has 5 heteroatoms. The average Bonchev–Trinajstić information content (AvgIpc) is 2.50. The Hall–Kier alpha value is -1.88. The Morgan fingerprint density at radius 1 is 1.27 bits per heavy atom. The summed E-state index contributed by atoms with van der Waals surface area (Å²) in [5, 5.41) is 6.20. The van der Waals surface area contributed by atoms with Crippen molar-refractivity contribution < 1.29 is 4.79 Å². The second-order valence-electron chi connectivity index (χ2n) is 5.16. The summed E-state index contributed by atoms with van der Waals surface area (Å²) in [4.78, 5) is 16.2. The molecule has 0 saturated heterocycles. The van der Waals surface area contributed by atoms with E-state index in [1.807, 2.05) is 31.2 Å². The Morgan fingerprint density at radius 2 is 2.09 bits per heavy atom. The molecule has 116 valence electrons. The topological polar surface area (TPSA) is 54.0 Å². The van der Waals surface area contributed by atoms with Crippen molar-refractivity contribution in [2.45, 2.75) is 26.7 Å². The number of carbonyl (C=O) groups excluding carboxylic acids is 1. The first-order chi connectivity index (χ1) is 10.6. The van der Waals surface area contributed by atoms with E-state index < -0.39 is 0 Å². The minimum absolute atomic E-state index is 0.0860. The highest BCUT2D eigenvalue weighted by Gasteiger charge is 2.07. The summed E-state index contributed by atoms with van der Waals surface area (Å²) in [5.41, 5.74) is 3.48. The fourth-order valence-corrected chi connectivity index (χ4v) is 2.51. The molecule has 1 aromatic heterocycles. The number of hydrogen-bond donors (Lipinski definition) is 2. The van der Waals surface area contributed by atoms with Gasteiger partial charge < -0.3 is 10.6 Å². The van der Waals surface area contributed by atoms with Gasteiger partial charge in [0, 0.05) is 22.9 Å². The van der Waals surface area contributed by atoms with Gasteiger partial charge in [-0.05, 0) is 43.2 Å². The molecule has 2 aromatic rings. The first-order valence-corrected chi connectivity index (χ1v) is 8.16. The first kappa shape index (κ1) is 16.5. The van der Waals surface area contributed by atoms with Crippen LogP contribution >= 0.6 is 15.9 Å². The molecule has 1 amide bonds. The maximum absolute atomic E-state index is 12.1. The third kappa shape index (κ3) is 4.56. The van der Waals surface area contributed by atoms with Gasteiger partial charge in [0.05, 0.1) is 17.4 Å². The predicted octanol–water partition coefficient (Wildman–Crippen LogP) is 4.43. The molecule has 2 rings (SSSR count). The number of rotatable bonds is 6. The molecule has 22 heavy (non-hydrogen) atoms. The van der Waals surface area contributed by atoms with Crippen LogP contribution in [0.25, 0.3) is 0 Å². The van der Waals surface area contributed by atoms with Gasteiger partial charge in [-0.3, -0.25) is 9.78 Å². The largest absolute Gasteiger partial charge is 0.354 e. The van der Waals surface area contributed by atoms with Gasteiger partial charge in [0.25, 0.3) is 5.91 Å². The Labute approximate surface area is 139 Å². The van der Waals surface area contributed by atoms with Crippen LogP contribution < -0.4 is 10.6 Å². The number of pyridine rings is 1. The first-order valence-electron chi connectivity index (χ1n) is 7.36. The van der Waals surface area contributed by atoms with Crippen molar-refractivity contribution >= 4 is 33.2 Å². The molecule has 0 aliphatic rings. The zero-order valence-electron chi connectivity index (χ0n) is 12.8. The second-order valence-corrected chi connectivity index (χ2v) is 6.07. The van der Waals surface area contributed by atoms with Gasteiger partial charge in [0.2, 0.25) is 0 Å². The van der Waals surface area contributed by atoms with E-state index in [1.165, 1.54) is 0 Å². The monoisotopic (exact) mass is 361 g/mol. The van der Waals surface area contributed by atoms with Crippen LogP contribution in [0.5, 0.6) is 0 Å². The van der Waals surface area contributed by atoms with Crippen LogP contribution in [0.4, 0.5) is 11.4 Å². The van der Waals surface area contributed by atoms with E-state index in [1.54, 1.807) is 12.4 Å². The lowest BCUT2D eigenvalue weighted by Crippen LogP contribution is -2.24. The fraction of sp³-hybridized carbons (Fsp3) is 0.294. The lowest BCUT2D eigenvalue weighted by Gasteiger charge is -2.11. The highest BCUT2D eigenvalue weighted by atomic mass is 79.9. The molecule has 2 N–H and O–H groups in total. The van der Waals surface area contributed by atoms with Gasteiger partial charge >= 0.3 is 0 Å². The number of anilines is 2. The predicted molar refractivity (Wildman–Crippen MR) is 93.6 cm³/mol. The molecule has 0 spiro atoms. The smallest absolute Gasteiger partial charge is 0.252 e. The summed E-state index contributed by atoms with van der Waals surface area (Å²) in [6, 6.07) is 7.82. The lowest BCUT2D eigenvalue weighted by molar-refractivity contribution is 0.0953. The minimum atomic E-state index is -0.0860. The van der Waals surface area contributed by atoms with Crippen LogP contribution in [0.3, 0.4) is 0 Å². The van der Waals surface area contributed by atoms with Crippen LogP contribution in [-0.4, -0.2) is 17.4 Å². The van der Waals surface area contributed by atoms with Gasteiger partial charge in [0.1, 0.15) is 0 Å². The summed E-state index contributed by atoms with van der Waals surface area (Å²) in [6.07, 6.45) is 5.34. The number of nitrogens with zero attached hydrogens (tertiary/aromatic N) is 1. The highest BCUT2D eigenvalue weighted by molar-refractivity contribution is 9.10. The molecule has 0 aliphatic carbocycles. The minimum Gasteiger partial charge on any atom is -0.354 e. The van der Waals surface area contributed by atoms with E-state index in [-0.39, 0.29) is 5.91 Å². The molecule has 0 atom stereocenters. The van der Waals surface area contributed by atoms with Crippen LogP contribution in [0.1, 0.15) is 35.7 Å². The maximum atomic E-state index is 12.1. The Balaban J connectivity index is 2.09. The van der Waals surface area contributed by atoms with E-state index in [2.05, 4.69) is 38.5 Å². The molecule has 0 fully saturated rings. The zero-order chi connectivity index (χ0) is 15.9. The van der Waals surface area contributed by atoms with Gasteiger partial charge in [0.15, 0.2) is 0 Å². The van der Waals surface area contributed by atoms with Crippen molar-refractivity contribution in [1.29, 1.82) is 0 Å².